The number of piperidine rings is 1. The molecule has 1 amide bonds. The number of benzene rings is 1. The second kappa shape index (κ2) is 7.70. The van der Waals surface area contributed by atoms with Gasteiger partial charge in [-0.25, -0.2) is 4.98 Å². The summed E-state index contributed by atoms with van der Waals surface area (Å²) in [5.74, 6) is 0.902. The van der Waals surface area contributed by atoms with E-state index >= 15 is 0 Å². The number of hydrogen-bond donors (Lipinski definition) is 1. The average Bonchev–Trinajstić information content (AvgIpc) is 2.67. The van der Waals surface area contributed by atoms with Crippen LogP contribution >= 0.6 is 0 Å². The van der Waals surface area contributed by atoms with Gasteiger partial charge in [0, 0.05) is 19.9 Å². The van der Waals surface area contributed by atoms with E-state index < -0.39 is 11.2 Å². The largest absolute Gasteiger partial charge is 0.491 e. The average molecular weight is 357 g/mol. The predicted octanol–water partition coefficient (Wildman–Crippen LogP) is 1.78. The lowest BCUT2D eigenvalue weighted by Gasteiger charge is -2.41. The highest BCUT2D eigenvalue weighted by molar-refractivity contribution is 5.93. The summed E-state index contributed by atoms with van der Waals surface area (Å²) in [6, 6.07) is 9.50. The highest BCUT2D eigenvalue weighted by Gasteiger charge is 2.39. The topological polar surface area (TPSA) is 84.5 Å². The van der Waals surface area contributed by atoms with Crippen LogP contribution in [-0.4, -0.2) is 53.2 Å². The Labute approximate surface area is 152 Å². The molecule has 0 unspecified atom stereocenters. The van der Waals surface area contributed by atoms with Gasteiger partial charge in [0.25, 0.3) is 11.5 Å². The van der Waals surface area contributed by atoms with Crippen LogP contribution in [0, 0.1) is 6.92 Å². The third-order valence-electron chi connectivity index (χ3n) is 4.66. The van der Waals surface area contributed by atoms with Gasteiger partial charge in [-0.3, -0.25) is 9.59 Å². The molecule has 0 radical (unpaired) electrons. The molecule has 138 valence electrons. The fourth-order valence-corrected chi connectivity index (χ4v) is 3.15. The molecule has 0 saturated carbocycles. The van der Waals surface area contributed by atoms with Crippen molar-refractivity contribution in [2.24, 2.45) is 0 Å². The van der Waals surface area contributed by atoms with Crippen LogP contribution in [0.4, 0.5) is 0 Å². The first-order valence-electron chi connectivity index (χ1n) is 8.61. The minimum absolute atomic E-state index is 0.0477. The lowest BCUT2D eigenvalue weighted by atomic mass is 9.93. The Hall–Kier alpha value is -2.67. The zero-order valence-electron chi connectivity index (χ0n) is 15.0. The number of hydrogen-bond acceptors (Lipinski definition) is 5. The molecule has 0 bridgehead atoms. The number of nitrogens with zero attached hydrogens (tertiary/aromatic N) is 2. The molecular formula is C19H23N3O4. The van der Waals surface area contributed by atoms with Crippen molar-refractivity contribution in [2.45, 2.75) is 25.4 Å². The molecule has 2 aromatic rings. The van der Waals surface area contributed by atoms with Crippen molar-refractivity contribution in [2.75, 3.05) is 26.8 Å². The summed E-state index contributed by atoms with van der Waals surface area (Å²) in [4.78, 5) is 33.1. The second-order valence-electron chi connectivity index (χ2n) is 6.53. The normalized spacial score (nSPS) is 20.0. The fourth-order valence-electron chi connectivity index (χ4n) is 3.15. The van der Waals surface area contributed by atoms with Crippen molar-refractivity contribution in [3.63, 3.8) is 0 Å². The number of carbonyl (C=O) groups is 1. The van der Waals surface area contributed by atoms with Gasteiger partial charge in [-0.15, -0.1) is 0 Å². The highest BCUT2D eigenvalue weighted by Crippen LogP contribution is 2.26. The Morgan fingerprint density at radius 3 is 2.81 bits per heavy atom. The van der Waals surface area contributed by atoms with Crippen LogP contribution in [0.1, 0.15) is 29.0 Å². The highest BCUT2D eigenvalue weighted by atomic mass is 16.5. The molecule has 1 aliphatic heterocycles. The van der Waals surface area contributed by atoms with Gasteiger partial charge >= 0.3 is 0 Å². The van der Waals surface area contributed by atoms with Crippen LogP contribution in [0.3, 0.4) is 0 Å². The molecule has 1 atom stereocenters. The number of para-hydroxylation sites is 1. The zero-order valence-corrected chi connectivity index (χ0v) is 15.0. The number of carbonyl (C=O) groups excluding carboxylic acids is 1. The lowest BCUT2D eigenvalue weighted by Crippen LogP contribution is -2.55. The molecule has 0 spiro atoms. The molecule has 26 heavy (non-hydrogen) atoms. The molecule has 0 aliphatic carbocycles. The number of H-pyrrole nitrogens is 1. The molecule has 7 nitrogen and oxygen atoms in total. The number of aromatic amines is 1. The smallest absolute Gasteiger partial charge is 0.263 e. The number of rotatable bonds is 5. The van der Waals surface area contributed by atoms with Gasteiger partial charge in [-0.2, -0.15) is 0 Å². The van der Waals surface area contributed by atoms with Crippen LogP contribution < -0.4 is 10.3 Å². The van der Waals surface area contributed by atoms with Crippen molar-refractivity contribution in [1.82, 2.24) is 14.9 Å². The molecule has 1 N–H and O–H groups in total. The monoisotopic (exact) mass is 357 g/mol. The van der Waals surface area contributed by atoms with Crippen LogP contribution in [0.25, 0.3) is 0 Å². The van der Waals surface area contributed by atoms with Gasteiger partial charge in [-0.05, 0) is 31.9 Å². The van der Waals surface area contributed by atoms with Crippen LogP contribution in [0.15, 0.2) is 41.3 Å². The van der Waals surface area contributed by atoms with E-state index in [9.17, 15) is 9.59 Å². The van der Waals surface area contributed by atoms with Crippen molar-refractivity contribution >= 4 is 5.91 Å². The van der Waals surface area contributed by atoms with Crippen LogP contribution in [0.2, 0.25) is 0 Å². The Bertz CT molecular complexity index is 821. The first-order valence-corrected chi connectivity index (χ1v) is 8.61. The molecule has 7 heteroatoms. The van der Waals surface area contributed by atoms with Crippen molar-refractivity contribution < 1.29 is 14.3 Å². The van der Waals surface area contributed by atoms with Gasteiger partial charge in [0.15, 0.2) is 0 Å². The van der Waals surface area contributed by atoms with Crippen LogP contribution in [-0.2, 0) is 4.74 Å². The summed E-state index contributed by atoms with van der Waals surface area (Å²) >= 11 is 0. The fraction of sp³-hybridized carbons (Fsp3) is 0.421. The summed E-state index contributed by atoms with van der Waals surface area (Å²) in [5, 5.41) is 0. The number of aryl methyl sites for hydroxylation is 1. The SMILES string of the molecule is CO[C@@]1(COc2ccccc2)CCCN(C(=O)c2cnc(C)[nH]c2=O)C1. The van der Waals surface area contributed by atoms with Gasteiger partial charge in [0.2, 0.25) is 0 Å². The Kier molecular flexibility index (Phi) is 5.37. The molecule has 3 rings (SSSR count). The summed E-state index contributed by atoms with van der Waals surface area (Å²) < 4.78 is 11.6. The van der Waals surface area contributed by atoms with Crippen molar-refractivity contribution in [3.05, 3.63) is 58.3 Å². The first kappa shape index (κ1) is 18.1. The standard InChI is InChI=1S/C19H23N3O4/c1-14-20-11-16(17(23)21-14)18(24)22-10-6-9-19(12-22,25-2)13-26-15-7-4-3-5-8-15/h3-5,7-8,11H,6,9-10,12-13H2,1-2H3,(H,20,21,23)/t19-/m0/s1. The maximum Gasteiger partial charge on any atom is 0.263 e. The molecule has 1 aromatic carbocycles. The predicted molar refractivity (Wildman–Crippen MR) is 96.4 cm³/mol. The number of aromatic nitrogens is 2. The minimum Gasteiger partial charge on any atom is -0.491 e. The van der Waals surface area contributed by atoms with E-state index in [0.29, 0.717) is 25.5 Å². The third-order valence-corrected chi connectivity index (χ3v) is 4.66. The summed E-state index contributed by atoms with van der Waals surface area (Å²) in [7, 11) is 1.63. The van der Waals surface area contributed by atoms with Crippen LogP contribution in [0.5, 0.6) is 5.75 Å². The summed E-state index contributed by atoms with van der Waals surface area (Å²) in [6.45, 7) is 2.94. The van der Waals surface area contributed by atoms with Crippen molar-refractivity contribution in [3.8, 4) is 5.75 Å². The number of methoxy groups -OCH3 is 1. The maximum absolute atomic E-state index is 12.8. The Balaban J connectivity index is 1.73. The quantitative estimate of drug-likeness (QED) is 0.882. The van der Waals surface area contributed by atoms with E-state index in [-0.39, 0.29) is 11.5 Å². The maximum atomic E-state index is 12.8. The van der Waals surface area contributed by atoms with E-state index in [1.807, 2.05) is 30.3 Å². The van der Waals surface area contributed by atoms with E-state index in [4.69, 9.17) is 9.47 Å². The number of nitrogens with one attached hydrogen (secondary N) is 1. The summed E-state index contributed by atoms with van der Waals surface area (Å²) in [5.41, 5.74) is -0.975. The second-order valence-corrected chi connectivity index (χ2v) is 6.53. The molecule has 1 aliphatic rings. The Morgan fingerprint density at radius 2 is 2.12 bits per heavy atom. The van der Waals surface area contributed by atoms with Gasteiger partial charge in [0.05, 0.1) is 6.54 Å². The lowest BCUT2D eigenvalue weighted by molar-refractivity contribution is -0.0825. The Morgan fingerprint density at radius 1 is 1.35 bits per heavy atom. The first-order chi connectivity index (χ1) is 12.5. The number of likely N-dealkylation sites (tertiary alicyclic amines) is 1. The van der Waals surface area contributed by atoms with Gasteiger partial charge in [-0.1, -0.05) is 18.2 Å². The summed E-state index contributed by atoms with van der Waals surface area (Å²) in [6.07, 6.45) is 2.89. The zero-order chi connectivity index (χ0) is 18.6. The van der Waals surface area contributed by atoms with E-state index in [1.165, 1.54) is 6.20 Å². The van der Waals surface area contributed by atoms with E-state index in [1.54, 1.807) is 18.9 Å². The van der Waals surface area contributed by atoms with E-state index in [0.717, 1.165) is 18.6 Å². The number of amides is 1. The number of ether oxygens (including phenoxy) is 2. The molecule has 2 heterocycles. The molecule has 1 saturated heterocycles. The van der Waals surface area contributed by atoms with E-state index in [2.05, 4.69) is 9.97 Å². The third kappa shape index (κ3) is 3.94. The van der Waals surface area contributed by atoms with Crippen molar-refractivity contribution in [1.29, 1.82) is 0 Å². The van der Waals surface area contributed by atoms with Gasteiger partial charge in [0.1, 0.15) is 29.3 Å². The minimum atomic E-state index is -0.603. The van der Waals surface area contributed by atoms with Gasteiger partial charge < -0.3 is 19.4 Å². The molecule has 1 fully saturated rings. The molecular weight excluding hydrogens is 334 g/mol. The molecule has 1 aromatic heterocycles.